The van der Waals surface area contributed by atoms with Crippen LogP contribution in [0.1, 0.15) is 56.3 Å². The van der Waals surface area contributed by atoms with Gasteiger partial charge in [-0.05, 0) is 37.3 Å². The number of para-hydroxylation sites is 1. The molecule has 1 aromatic carbocycles. The van der Waals surface area contributed by atoms with Crippen molar-refractivity contribution >= 4 is 23.5 Å². The molecule has 1 atom stereocenters. The van der Waals surface area contributed by atoms with Crippen molar-refractivity contribution in [2.45, 2.75) is 52.0 Å². The van der Waals surface area contributed by atoms with Gasteiger partial charge in [0.25, 0.3) is 5.91 Å². The molecule has 0 radical (unpaired) electrons. The molecule has 1 N–H and O–H groups in total. The summed E-state index contributed by atoms with van der Waals surface area (Å²) in [5.41, 5.74) is 1.19. The van der Waals surface area contributed by atoms with Gasteiger partial charge < -0.3 is 15.0 Å². The maximum atomic E-state index is 13.0. The number of anilines is 1. The Morgan fingerprint density at radius 3 is 2.62 bits per heavy atom. The number of nitrogens with zero attached hydrogens (tertiary/aromatic N) is 1. The third-order valence-electron chi connectivity index (χ3n) is 4.51. The Morgan fingerprint density at radius 1 is 1.19 bits per heavy atom. The Bertz CT molecular complexity index is 657. The quantitative estimate of drug-likeness (QED) is 0.571. The van der Waals surface area contributed by atoms with Crippen LogP contribution in [0.5, 0.6) is 0 Å². The van der Waals surface area contributed by atoms with Crippen LogP contribution in [0.25, 0.3) is 0 Å². The minimum absolute atomic E-state index is 0.0648. The Labute approximate surface area is 154 Å². The van der Waals surface area contributed by atoms with Crippen molar-refractivity contribution in [2.75, 3.05) is 18.6 Å². The summed E-state index contributed by atoms with van der Waals surface area (Å²) in [7, 11) is 1.38. The molecule has 1 unspecified atom stereocenters. The predicted octanol–water partition coefficient (Wildman–Crippen LogP) is 2.91. The molecular weight excluding hydrogens is 332 g/mol. The van der Waals surface area contributed by atoms with E-state index in [0.717, 1.165) is 19.3 Å². The Balaban J connectivity index is 2.11. The average Bonchev–Trinajstić information content (AvgIpc) is 2.71. The van der Waals surface area contributed by atoms with Gasteiger partial charge in [-0.15, -0.1) is 0 Å². The molecule has 1 aromatic rings. The van der Waals surface area contributed by atoms with Crippen LogP contribution in [0.3, 0.4) is 0 Å². The number of hydrogen-bond donors (Lipinski definition) is 1. The summed E-state index contributed by atoms with van der Waals surface area (Å²) in [5, 5.41) is 2.88. The highest BCUT2D eigenvalue weighted by Gasteiger charge is 2.33. The number of nitrogens with one attached hydrogen (secondary N) is 1. The van der Waals surface area contributed by atoms with Crippen molar-refractivity contribution in [3.05, 3.63) is 29.8 Å². The molecule has 0 saturated carbocycles. The molecule has 1 aliphatic heterocycles. The molecule has 1 aliphatic rings. The molecule has 0 spiro atoms. The minimum Gasteiger partial charge on any atom is -0.469 e. The number of benzene rings is 1. The molecule has 142 valence electrons. The van der Waals surface area contributed by atoms with Gasteiger partial charge in [-0.2, -0.15) is 0 Å². The molecule has 0 bridgehead atoms. The molecular formula is C20H28N2O4. The second-order valence-electron chi connectivity index (χ2n) is 7.05. The second-order valence-corrected chi connectivity index (χ2v) is 7.05. The van der Waals surface area contributed by atoms with E-state index in [4.69, 9.17) is 0 Å². The SMILES string of the molecule is COC(=O)CCCCCN1C(=O)C(CC(C)C)NC(=O)c2ccccc21. The lowest BCUT2D eigenvalue weighted by Gasteiger charge is -2.26. The molecule has 6 heteroatoms. The van der Waals surface area contributed by atoms with Crippen molar-refractivity contribution in [3.63, 3.8) is 0 Å². The lowest BCUT2D eigenvalue weighted by molar-refractivity contribution is -0.140. The summed E-state index contributed by atoms with van der Waals surface area (Å²) in [4.78, 5) is 38.5. The van der Waals surface area contributed by atoms with Gasteiger partial charge in [0.05, 0.1) is 18.4 Å². The van der Waals surface area contributed by atoms with Gasteiger partial charge in [-0.25, -0.2) is 0 Å². The molecule has 26 heavy (non-hydrogen) atoms. The van der Waals surface area contributed by atoms with Crippen LogP contribution in [0.4, 0.5) is 5.69 Å². The number of hydrogen-bond acceptors (Lipinski definition) is 4. The number of carbonyl (C=O) groups excluding carboxylic acids is 3. The van der Waals surface area contributed by atoms with Gasteiger partial charge in [-0.3, -0.25) is 14.4 Å². The Hall–Kier alpha value is -2.37. The predicted molar refractivity (Wildman–Crippen MR) is 100.0 cm³/mol. The standard InChI is InChI=1S/C20H28N2O4/c1-14(2)13-16-20(25)22(12-8-4-5-11-18(23)26-3)17-10-7-6-9-15(17)19(24)21-16/h6-7,9-10,14,16H,4-5,8,11-13H2,1-3H3,(H,21,24). The van der Waals surface area contributed by atoms with Crippen molar-refractivity contribution in [2.24, 2.45) is 5.92 Å². The molecule has 6 nitrogen and oxygen atoms in total. The monoisotopic (exact) mass is 360 g/mol. The molecule has 2 amide bonds. The van der Waals surface area contributed by atoms with Crippen LogP contribution in [0.2, 0.25) is 0 Å². The van der Waals surface area contributed by atoms with E-state index < -0.39 is 6.04 Å². The number of fused-ring (bicyclic) bond motifs is 1. The van der Waals surface area contributed by atoms with Crippen LogP contribution >= 0.6 is 0 Å². The number of rotatable bonds is 8. The maximum Gasteiger partial charge on any atom is 0.305 e. The molecule has 1 heterocycles. The van der Waals surface area contributed by atoms with E-state index >= 15 is 0 Å². The molecule has 2 rings (SSSR count). The zero-order valence-electron chi connectivity index (χ0n) is 15.8. The fraction of sp³-hybridized carbons (Fsp3) is 0.550. The number of carbonyl (C=O) groups is 3. The number of ether oxygens (including phenoxy) is 1. The minimum atomic E-state index is -0.509. The lowest BCUT2D eigenvalue weighted by Crippen LogP contribution is -2.46. The Morgan fingerprint density at radius 2 is 1.92 bits per heavy atom. The highest BCUT2D eigenvalue weighted by atomic mass is 16.5. The first-order chi connectivity index (χ1) is 12.4. The number of esters is 1. The summed E-state index contributed by atoms with van der Waals surface area (Å²) in [5.74, 6) is -0.182. The van der Waals surface area contributed by atoms with Crippen LogP contribution in [0.15, 0.2) is 24.3 Å². The lowest BCUT2D eigenvalue weighted by atomic mass is 10.0. The second kappa shape index (κ2) is 9.36. The van der Waals surface area contributed by atoms with E-state index in [1.807, 2.05) is 26.0 Å². The van der Waals surface area contributed by atoms with Gasteiger partial charge in [0.1, 0.15) is 6.04 Å². The fourth-order valence-corrected chi connectivity index (χ4v) is 3.19. The van der Waals surface area contributed by atoms with Crippen molar-refractivity contribution < 1.29 is 19.1 Å². The zero-order chi connectivity index (χ0) is 19.1. The van der Waals surface area contributed by atoms with Gasteiger partial charge in [-0.1, -0.05) is 32.4 Å². The van der Waals surface area contributed by atoms with Crippen LogP contribution < -0.4 is 10.2 Å². The third kappa shape index (κ3) is 5.07. The van der Waals surface area contributed by atoms with E-state index in [9.17, 15) is 14.4 Å². The van der Waals surface area contributed by atoms with Crippen molar-refractivity contribution in [3.8, 4) is 0 Å². The van der Waals surface area contributed by atoms with E-state index in [2.05, 4.69) is 10.1 Å². The van der Waals surface area contributed by atoms with Crippen molar-refractivity contribution in [1.82, 2.24) is 5.32 Å². The van der Waals surface area contributed by atoms with Crippen molar-refractivity contribution in [1.29, 1.82) is 0 Å². The van der Waals surface area contributed by atoms with E-state index in [-0.39, 0.29) is 17.8 Å². The summed E-state index contributed by atoms with van der Waals surface area (Å²) in [6.45, 7) is 4.60. The van der Waals surface area contributed by atoms with Crippen LogP contribution in [0, 0.1) is 5.92 Å². The summed E-state index contributed by atoms with van der Waals surface area (Å²) < 4.78 is 4.64. The summed E-state index contributed by atoms with van der Waals surface area (Å²) >= 11 is 0. The van der Waals surface area contributed by atoms with Gasteiger partial charge >= 0.3 is 5.97 Å². The van der Waals surface area contributed by atoms with E-state index in [1.165, 1.54) is 7.11 Å². The first-order valence-corrected chi connectivity index (χ1v) is 9.22. The number of amides is 2. The van der Waals surface area contributed by atoms with Crippen LogP contribution in [-0.2, 0) is 14.3 Å². The number of unbranched alkanes of at least 4 members (excludes halogenated alkanes) is 2. The summed E-state index contributed by atoms with van der Waals surface area (Å²) in [6, 6.07) is 6.70. The number of methoxy groups -OCH3 is 1. The molecule has 0 aliphatic carbocycles. The first-order valence-electron chi connectivity index (χ1n) is 9.22. The van der Waals surface area contributed by atoms with E-state index in [0.29, 0.717) is 36.6 Å². The van der Waals surface area contributed by atoms with Gasteiger partial charge in [0.2, 0.25) is 5.91 Å². The van der Waals surface area contributed by atoms with E-state index in [1.54, 1.807) is 17.0 Å². The maximum absolute atomic E-state index is 13.0. The molecule has 0 saturated heterocycles. The van der Waals surface area contributed by atoms with Gasteiger partial charge in [0.15, 0.2) is 0 Å². The normalized spacial score (nSPS) is 16.9. The Kier molecular flexibility index (Phi) is 7.18. The van der Waals surface area contributed by atoms with Gasteiger partial charge in [0, 0.05) is 13.0 Å². The highest BCUT2D eigenvalue weighted by Crippen LogP contribution is 2.26. The fourth-order valence-electron chi connectivity index (χ4n) is 3.19. The average molecular weight is 360 g/mol. The smallest absolute Gasteiger partial charge is 0.305 e. The highest BCUT2D eigenvalue weighted by molar-refractivity contribution is 6.10. The molecule has 0 fully saturated rings. The summed E-state index contributed by atoms with van der Waals surface area (Å²) in [6.07, 6.45) is 3.30. The zero-order valence-corrected chi connectivity index (χ0v) is 15.8. The molecule has 0 aromatic heterocycles. The third-order valence-corrected chi connectivity index (χ3v) is 4.51. The largest absolute Gasteiger partial charge is 0.469 e. The van der Waals surface area contributed by atoms with Crippen LogP contribution in [-0.4, -0.2) is 37.5 Å². The topological polar surface area (TPSA) is 75.7 Å². The first kappa shape index (κ1) is 19.9.